The topological polar surface area (TPSA) is 46.9 Å². The maximum absolute atomic E-state index is 12.8. The maximum atomic E-state index is 12.8. The molecule has 0 atom stereocenters. The lowest BCUT2D eigenvalue weighted by molar-refractivity contribution is 0.0815. The summed E-state index contributed by atoms with van der Waals surface area (Å²) in [4.78, 5) is 12.8. The Bertz CT molecular complexity index is 545. The third-order valence-electron chi connectivity index (χ3n) is 4.84. The van der Waals surface area contributed by atoms with Gasteiger partial charge in [-0.15, -0.1) is 0 Å². The monoisotopic (exact) mass is 275 g/mol. The molecule has 1 N–H and O–H groups in total. The molecular weight excluding hydrogens is 250 g/mol. The van der Waals surface area contributed by atoms with Gasteiger partial charge in [0.05, 0.1) is 11.2 Å². The van der Waals surface area contributed by atoms with Gasteiger partial charge in [0.25, 0.3) is 0 Å². The summed E-state index contributed by atoms with van der Waals surface area (Å²) in [6.07, 6.45) is 3.94. The van der Waals surface area contributed by atoms with Gasteiger partial charge in [0.2, 0.25) is 0 Å². The average molecular weight is 275 g/mol. The number of ketones is 1. The molecular formula is C16H25N3O. The molecule has 1 aliphatic heterocycles. The molecule has 1 aromatic rings. The highest BCUT2D eigenvalue weighted by Crippen LogP contribution is 2.43. The molecule has 0 amide bonds. The van der Waals surface area contributed by atoms with Crippen molar-refractivity contribution in [1.29, 1.82) is 0 Å². The predicted molar refractivity (Wildman–Crippen MR) is 79.1 cm³/mol. The second kappa shape index (κ2) is 4.42. The van der Waals surface area contributed by atoms with Gasteiger partial charge >= 0.3 is 0 Å². The van der Waals surface area contributed by atoms with Gasteiger partial charge in [0.15, 0.2) is 5.78 Å². The van der Waals surface area contributed by atoms with Crippen molar-refractivity contribution in [2.24, 2.45) is 5.41 Å². The van der Waals surface area contributed by atoms with Gasteiger partial charge in [-0.3, -0.25) is 9.48 Å². The quantitative estimate of drug-likeness (QED) is 0.791. The molecule has 1 spiro atoms. The molecule has 3 rings (SSSR count). The predicted octanol–water partition coefficient (Wildman–Crippen LogP) is 2.45. The third-order valence-corrected chi connectivity index (χ3v) is 4.84. The lowest BCUT2D eigenvalue weighted by atomic mass is 9.67. The van der Waals surface area contributed by atoms with E-state index in [2.05, 4.69) is 38.1 Å². The molecule has 1 saturated heterocycles. The summed E-state index contributed by atoms with van der Waals surface area (Å²) in [6.45, 7) is 10.5. The average Bonchev–Trinajstić information content (AvgIpc) is 2.68. The highest BCUT2D eigenvalue weighted by molar-refractivity contribution is 5.98. The van der Waals surface area contributed by atoms with Crippen LogP contribution in [0.2, 0.25) is 0 Å². The van der Waals surface area contributed by atoms with Crippen molar-refractivity contribution < 1.29 is 4.79 Å². The van der Waals surface area contributed by atoms with Crippen LogP contribution in [0.3, 0.4) is 0 Å². The van der Waals surface area contributed by atoms with Crippen LogP contribution in [0.25, 0.3) is 0 Å². The van der Waals surface area contributed by atoms with Gasteiger partial charge in [0, 0.05) is 12.0 Å². The first-order chi connectivity index (χ1) is 9.32. The number of carbonyl (C=O) groups excluding carboxylic acids is 1. The fraction of sp³-hybridized carbons (Fsp3) is 0.750. The van der Waals surface area contributed by atoms with Gasteiger partial charge in [-0.25, -0.2) is 0 Å². The number of hydrogen-bond donors (Lipinski definition) is 1. The van der Waals surface area contributed by atoms with Crippen molar-refractivity contribution in [3.05, 3.63) is 17.0 Å². The highest BCUT2D eigenvalue weighted by Gasteiger charge is 2.43. The number of nitrogens with zero attached hydrogens (tertiary/aromatic N) is 2. The molecule has 20 heavy (non-hydrogen) atoms. The van der Waals surface area contributed by atoms with Crippen molar-refractivity contribution in [3.8, 4) is 0 Å². The Balaban J connectivity index is 2.05. The number of rotatable bonds is 0. The fourth-order valence-electron chi connectivity index (χ4n) is 3.72. The first-order valence-electron chi connectivity index (χ1n) is 7.65. The third kappa shape index (κ3) is 2.10. The molecule has 2 aliphatic rings. The van der Waals surface area contributed by atoms with Crippen molar-refractivity contribution in [3.63, 3.8) is 0 Å². The zero-order valence-corrected chi connectivity index (χ0v) is 13.0. The van der Waals surface area contributed by atoms with E-state index in [1.54, 1.807) is 0 Å². The number of aryl methyl sites for hydroxylation is 1. The molecule has 110 valence electrons. The summed E-state index contributed by atoms with van der Waals surface area (Å²) in [5, 5.41) is 8.08. The summed E-state index contributed by atoms with van der Waals surface area (Å²) >= 11 is 0. The van der Waals surface area contributed by atoms with Gasteiger partial charge < -0.3 is 5.32 Å². The van der Waals surface area contributed by atoms with E-state index >= 15 is 0 Å². The summed E-state index contributed by atoms with van der Waals surface area (Å²) in [6, 6.07) is 0. The number of fused-ring (bicyclic) bond motifs is 1. The number of carbonyl (C=O) groups is 1. The van der Waals surface area contributed by atoms with Crippen molar-refractivity contribution in [2.45, 2.75) is 58.9 Å². The first kappa shape index (κ1) is 13.8. The van der Waals surface area contributed by atoms with Crippen LogP contribution < -0.4 is 5.32 Å². The molecule has 0 saturated carbocycles. The van der Waals surface area contributed by atoms with E-state index in [0.29, 0.717) is 12.2 Å². The zero-order chi connectivity index (χ0) is 14.5. The molecule has 2 heterocycles. The van der Waals surface area contributed by atoms with Crippen molar-refractivity contribution in [1.82, 2.24) is 15.1 Å². The Morgan fingerprint density at radius 1 is 1.20 bits per heavy atom. The van der Waals surface area contributed by atoms with E-state index in [1.165, 1.54) is 5.56 Å². The summed E-state index contributed by atoms with van der Waals surface area (Å²) in [5.74, 6) is 0.295. The fourth-order valence-corrected chi connectivity index (χ4v) is 3.72. The summed E-state index contributed by atoms with van der Waals surface area (Å²) in [5.41, 5.74) is 3.18. The van der Waals surface area contributed by atoms with Crippen LogP contribution in [-0.2, 0) is 12.0 Å². The lowest BCUT2D eigenvalue weighted by Crippen LogP contribution is -2.43. The molecule has 0 unspecified atom stereocenters. The maximum Gasteiger partial charge on any atom is 0.181 e. The van der Waals surface area contributed by atoms with Crippen LogP contribution in [-0.4, -0.2) is 28.7 Å². The summed E-state index contributed by atoms with van der Waals surface area (Å²) < 4.78 is 1.95. The SMILES string of the molecule is Cc1nn(C(C)(C)C)c2c1CC1(CCNCC1)CC2=O. The van der Waals surface area contributed by atoms with E-state index in [9.17, 15) is 4.79 Å². The van der Waals surface area contributed by atoms with Gasteiger partial charge in [-0.2, -0.15) is 5.10 Å². The van der Waals surface area contributed by atoms with Crippen LogP contribution in [0.4, 0.5) is 0 Å². The molecule has 0 aromatic carbocycles. The number of Topliss-reactive ketones (excluding diaryl/α,β-unsaturated/α-hetero) is 1. The molecule has 1 fully saturated rings. The number of hydrogen-bond acceptors (Lipinski definition) is 3. The lowest BCUT2D eigenvalue weighted by Gasteiger charge is -2.40. The Labute approximate surface area is 120 Å². The van der Waals surface area contributed by atoms with Gasteiger partial charge in [0.1, 0.15) is 5.69 Å². The minimum atomic E-state index is -0.132. The largest absolute Gasteiger partial charge is 0.317 e. The Morgan fingerprint density at radius 3 is 2.45 bits per heavy atom. The van der Waals surface area contributed by atoms with E-state index in [4.69, 9.17) is 0 Å². The Hall–Kier alpha value is -1.16. The second-order valence-electron chi connectivity index (χ2n) is 7.52. The molecule has 4 heteroatoms. The molecule has 0 bridgehead atoms. The second-order valence-corrected chi connectivity index (χ2v) is 7.52. The zero-order valence-electron chi connectivity index (χ0n) is 13.0. The van der Waals surface area contributed by atoms with Gasteiger partial charge in [-0.1, -0.05) is 0 Å². The Kier molecular flexibility index (Phi) is 3.05. The van der Waals surface area contributed by atoms with Crippen molar-refractivity contribution >= 4 is 5.78 Å². The van der Waals surface area contributed by atoms with Crippen LogP contribution in [0, 0.1) is 12.3 Å². The van der Waals surface area contributed by atoms with Gasteiger partial charge in [-0.05, 0) is 65.5 Å². The van der Waals surface area contributed by atoms with Crippen LogP contribution >= 0.6 is 0 Å². The van der Waals surface area contributed by atoms with E-state index in [1.807, 2.05) is 4.68 Å². The van der Waals surface area contributed by atoms with Crippen LogP contribution in [0.15, 0.2) is 0 Å². The molecule has 1 aromatic heterocycles. The van der Waals surface area contributed by atoms with Crippen LogP contribution in [0.1, 0.15) is 61.8 Å². The Morgan fingerprint density at radius 2 is 1.85 bits per heavy atom. The number of nitrogens with one attached hydrogen (secondary N) is 1. The van der Waals surface area contributed by atoms with Crippen LogP contribution in [0.5, 0.6) is 0 Å². The van der Waals surface area contributed by atoms with Crippen molar-refractivity contribution in [2.75, 3.05) is 13.1 Å². The highest BCUT2D eigenvalue weighted by atomic mass is 16.1. The normalized spacial score (nSPS) is 22.1. The molecule has 4 nitrogen and oxygen atoms in total. The first-order valence-corrected chi connectivity index (χ1v) is 7.65. The standard InChI is InChI=1S/C16H25N3O/c1-11-12-9-16(5-7-17-8-6-16)10-13(20)14(12)19(18-11)15(2,3)4/h17H,5-10H2,1-4H3. The van der Waals surface area contributed by atoms with E-state index < -0.39 is 0 Å². The molecule has 0 radical (unpaired) electrons. The smallest absolute Gasteiger partial charge is 0.181 e. The molecule has 1 aliphatic carbocycles. The van der Waals surface area contributed by atoms with E-state index in [0.717, 1.165) is 43.7 Å². The minimum Gasteiger partial charge on any atom is -0.317 e. The van der Waals surface area contributed by atoms with E-state index in [-0.39, 0.29) is 11.0 Å². The minimum absolute atomic E-state index is 0.132. The number of aromatic nitrogens is 2. The number of piperidine rings is 1. The summed E-state index contributed by atoms with van der Waals surface area (Å²) in [7, 11) is 0.